The number of hydrogen-bond acceptors (Lipinski definition) is 4. The van der Waals surface area contributed by atoms with Gasteiger partial charge in [-0.05, 0) is 30.3 Å². The molecule has 0 heterocycles. The number of amides is 2. The van der Waals surface area contributed by atoms with Crippen LogP contribution < -0.4 is 20.1 Å². The maximum Gasteiger partial charge on any atom is 0.255 e. The summed E-state index contributed by atoms with van der Waals surface area (Å²) in [6, 6.07) is 9.93. The van der Waals surface area contributed by atoms with Gasteiger partial charge in [0.25, 0.3) is 5.91 Å². The topological polar surface area (TPSA) is 76.7 Å². The molecule has 2 aromatic rings. The molecule has 0 radical (unpaired) electrons. The van der Waals surface area contributed by atoms with Crippen LogP contribution in [0.15, 0.2) is 36.4 Å². The molecule has 0 spiro atoms. The van der Waals surface area contributed by atoms with E-state index in [1.165, 1.54) is 20.3 Å². The third-order valence-electron chi connectivity index (χ3n) is 3.42. The summed E-state index contributed by atoms with van der Waals surface area (Å²) >= 11 is 6.13. The molecule has 0 saturated carbocycles. The van der Waals surface area contributed by atoms with Crippen molar-refractivity contribution >= 4 is 34.8 Å². The minimum atomic E-state index is -0.359. The second-order valence-corrected chi connectivity index (χ2v) is 5.54. The third-order valence-corrected chi connectivity index (χ3v) is 3.70. The van der Waals surface area contributed by atoms with Gasteiger partial charge in [-0.1, -0.05) is 24.6 Å². The van der Waals surface area contributed by atoms with Crippen molar-refractivity contribution in [2.75, 3.05) is 24.9 Å². The predicted molar refractivity (Wildman–Crippen MR) is 97.9 cm³/mol. The Morgan fingerprint density at radius 3 is 2.32 bits per heavy atom. The number of carbonyl (C=O) groups is 2. The molecule has 0 atom stereocenters. The van der Waals surface area contributed by atoms with Crippen molar-refractivity contribution in [1.29, 1.82) is 0 Å². The van der Waals surface area contributed by atoms with Crippen molar-refractivity contribution < 1.29 is 19.1 Å². The molecule has 25 heavy (non-hydrogen) atoms. The lowest BCUT2D eigenvalue weighted by atomic mass is 10.1. The Hall–Kier alpha value is -2.73. The molecule has 7 heteroatoms. The fourth-order valence-electron chi connectivity index (χ4n) is 2.18. The van der Waals surface area contributed by atoms with Crippen LogP contribution in [0.3, 0.4) is 0 Å². The zero-order chi connectivity index (χ0) is 18.4. The van der Waals surface area contributed by atoms with Crippen molar-refractivity contribution in [3.63, 3.8) is 0 Å². The van der Waals surface area contributed by atoms with E-state index in [-0.39, 0.29) is 16.8 Å². The summed E-state index contributed by atoms with van der Waals surface area (Å²) in [6.07, 6.45) is 0.376. The Bertz CT molecular complexity index is 793. The van der Waals surface area contributed by atoms with Gasteiger partial charge in [-0.15, -0.1) is 0 Å². The van der Waals surface area contributed by atoms with Gasteiger partial charge in [-0.3, -0.25) is 9.59 Å². The van der Waals surface area contributed by atoms with E-state index >= 15 is 0 Å². The summed E-state index contributed by atoms with van der Waals surface area (Å²) in [5, 5.41) is 5.77. The minimum Gasteiger partial charge on any atom is -0.493 e. The standard InChI is InChI=1S/C18H19ClN2O4/c1-4-16(22)20-12-6-5-7-13(10-12)21-18(23)11-8-14(19)17(25-3)15(9-11)24-2/h5-10H,4H2,1-3H3,(H,20,22)(H,21,23). The van der Waals surface area contributed by atoms with E-state index in [0.717, 1.165) is 0 Å². The highest BCUT2D eigenvalue weighted by Crippen LogP contribution is 2.36. The first-order chi connectivity index (χ1) is 12.0. The zero-order valence-corrected chi connectivity index (χ0v) is 14.9. The van der Waals surface area contributed by atoms with Gasteiger partial charge in [-0.2, -0.15) is 0 Å². The van der Waals surface area contributed by atoms with Gasteiger partial charge in [0, 0.05) is 23.4 Å². The van der Waals surface area contributed by atoms with Gasteiger partial charge in [0.15, 0.2) is 11.5 Å². The molecule has 0 aliphatic carbocycles. The average molecular weight is 363 g/mol. The average Bonchev–Trinajstić information content (AvgIpc) is 2.61. The maximum absolute atomic E-state index is 12.5. The lowest BCUT2D eigenvalue weighted by Crippen LogP contribution is -2.13. The van der Waals surface area contributed by atoms with Crippen molar-refractivity contribution in [2.24, 2.45) is 0 Å². The minimum absolute atomic E-state index is 0.102. The third kappa shape index (κ3) is 4.64. The van der Waals surface area contributed by atoms with E-state index in [4.69, 9.17) is 21.1 Å². The Balaban J connectivity index is 2.21. The number of hydrogen-bond donors (Lipinski definition) is 2. The normalized spacial score (nSPS) is 10.1. The predicted octanol–water partition coefficient (Wildman–Crippen LogP) is 3.96. The summed E-state index contributed by atoms with van der Waals surface area (Å²) < 4.78 is 10.4. The Morgan fingerprint density at radius 1 is 1.04 bits per heavy atom. The Kier molecular flexibility index (Phi) is 6.25. The zero-order valence-electron chi connectivity index (χ0n) is 14.2. The first kappa shape index (κ1) is 18.6. The molecule has 2 aromatic carbocycles. The number of anilines is 2. The monoisotopic (exact) mass is 362 g/mol. The molecular weight excluding hydrogens is 344 g/mol. The van der Waals surface area contributed by atoms with Crippen molar-refractivity contribution in [3.05, 3.63) is 47.0 Å². The van der Waals surface area contributed by atoms with Gasteiger partial charge in [0.1, 0.15) is 0 Å². The van der Waals surface area contributed by atoms with Crippen LogP contribution in [0.4, 0.5) is 11.4 Å². The van der Waals surface area contributed by atoms with E-state index < -0.39 is 0 Å². The van der Waals surface area contributed by atoms with Crippen molar-refractivity contribution in [3.8, 4) is 11.5 Å². The van der Waals surface area contributed by atoms with Crippen LogP contribution in [0, 0.1) is 0 Å². The number of nitrogens with one attached hydrogen (secondary N) is 2. The van der Waals surface area contributed by atoms with Crippen LogP contribution in [0.2, 0.25) is 5.02 Å². The fourth-order valence-corrected chi connectivity index (χ4v) is 2.46. The summed E-state index contributed by atoms with van der Waals surface area (Å²) in [5.41, 5.74) is 1.48. The highest BCUT2D eigenvalue weighted by atomic mass is 35.5. The molecule has 6 nitrogen and oxygen atoms in total. The number of halogens is 1. The second kappa shape index (κ2) is 8.39. The molecule has 0 fully saturated rings. The van der Waals surface area contributed by atoms with Crippen LogP contribution in [0.1, 0.15) is 23.7 Å². The van der Waals surface area contributed by atoms with Crippen molar-refractivity contribution in [1.82, 2.24) is 0 Å². The van der Waals surface area contributed by atoms with Gasteiger partial charge >= 0.3 is 0 Å². The van der Waals surface area contributed by atoms with Gasteiger partial charge in [0.05, 0.1) is 19.2 Å². The molecule has 2 amide bonds. The van der Waals surface area contributed by atoms with Gasteiger partial charge in [0.2, 0.25) is 5.91 Å². The van der Waals surface area contributed by atoms with E-state index in [1.807, 2.05) is 0 Å². The number of ether oxygens (including phenoxy) is 2. The van der Waals surface area contributed by atoms with Crippen LogP contribution in [-0.4, -0.2) is 26.0 Å². The van der Waals surface area contributed by atoms with Gasteiger partial charge in [-0.25, -0.2) is 0 Å². The number of methoxy groups -OCH3 is 2. The Labute approximate surface area is 151 Å². The van der Waals surface area contributed by atoms with Crippen LogP contribution in [0.5, 0.6) is 11.5 Å². The van der Waals surface area contributed by atoms with Crippen LogP contribution >= 0.6 is 11.6 Å². The van der Waals surface area contributed by atoms with Gasteiger partial charge < -0.3 is 20.1 Å². The molecule has 0 saturated heterocycles. The van der Waals surface area contributed by atoms with E-state index in [1.54, 1.807) is 37.3 Å². The molecule has 132 valence electrons. The highest BCUT2D eigenvalue weighted by molar-refractivity contribution is 6.32. The van der Waals surface area contributed by atoms with Crippen LogP contribution in [-0.2, 0) is 4.79 Å². The van der Waals surface area contributed by atoms with E-state index in [2.05, 4.69) is 10.6 Å². The molecule has 0 aromatic heterocycles. The molecule has 0 unspecified atom stereocenters. The van der Waals surface area contributed by atoms with E-state index in [0.29, 0.717) is 34.9 Å². The molecule has 0 bridgehead atoms. The SMILES string of the molecule is CCC(=O)Nc1cccc(NC(=O)c2cc(Cl)c(OC)c(OC)c2)c1. The molecule has 0 aliphatic rings. The number of benzene rings is 2. The lowest BCUT2D eigenvalue weighted by molar-refractivity contribution is -0.115. The fraction of sp³-hybridized carbons (Fsp3) is 0.222. The van der Waals surface area contributed by atoms with Crippen LogP contribution in [0.25, 0.3) is 0 Å². The molecule has 0 aliphatic heterocycles. The quantitative estimate of drug-likeness (QED) is 0.815. The van der Waals surface area contributed by atoms with E-state index in [9.17, 15) is 9.59 Å². The first-order valence-corrected chi connectivity index (χ1v) is 7.99. The van der Waals surface area contributed by atoms with Crippen molar-refractivity contribution in [2.45, 2.75) is 13.3 Å². The highest BCUT2D eigenvalue weighted by Gasteiger charge is 2.15. The summed E-state index contributed by atoms with van der Waals surface area (Å²) in [5.74, 6) is 0.270. The molecule has 2 N–H and O–H groups in total. The summed E-state index contributed by atoms with van der Waals surface area (Å²) in [4.78, 5) is 23.9. The summed E-state index contributed by atoms with van der Waals surface area (Å²) in [7, 11) is 2.94. The smallest absolute Gasteiger partial charge is 0.255 e. The number of carbonyl (C=O) groups excluding carboxylic acids is 2. The lowest BCUT2D eigenvalue weighted by Gasteiger charge is -2.12. The first-order valence-electron chi connectivity index (χ1n) is 7.61. The molecular formula is C18H19ClN2O4. The largest absolute Gasteiger partial charge is 0.493 e. The maximum atomic E-state index is 12.5. The Morgan fingerprint density at radius 2 is 1.72 bits per heavy atom. The summed E-state index contributed by atoms with van der Waals surface area (Å²) in [6.45, 7) is 1.77. The molecule has 2 rings (SSSR count). The second-order valence-electron chi connectivity index (χ2n) is 5.13. The number of rotatable bonds is 6.